The van der Waals surface area contributed by atoms with Crippen LogP contribution in [0.2, 0.25) is 0 Å². The minimum Gasteiger partial charge on any atom is -0.478 e. The standard InChI is InChI=1S/C30H42O7/c1-16(25(35)36)9-8-11-29(6,37)20-14-22(34)30(7)24-17(31)13-19-26(2,3)21(33)10-12-27(19,4)23(24)18(32)15-28(20,30)5/h9,19-21,33,37H,8,10-15H2,1-7H3,(H,35,36)/b16-9+. The zero-order chi connectivity index (χ0) is 27.9. The van der Waals surface area contributed by atoms with Crippen LogP contribution in [-0.2, 0) is 19.2 Å². The van der Waals surface area contributed by atoms with Gasteiger partial charge in [-0.1, -0.05) is 33.8 Å². The summed E-state index contributed by atoms with van der Waals surface area (Å²) >= 11 is 0. The number of aliphatic hydroxyl groups is 2. The fourth-order valence-corrected chi connectivity index (χ4v) is 8.70. The van der Waals surface area contributed by atoms with E-state index >= 15 is 0 Å². The Bertz CT molecular complexity index is 1140. The van der Waals surface area contributed by atoms with Crippen molar-refractivity contribution in [3.05, 3.63) is 22.8 Å². The molecule has 0 saturated heterocycles. The van der Waals surface area contributed by atoms with E-state index in [1.807, 2.05) is 27.7 Å². The lowest BCUT2D eigenvalue weighted by molar-refractivity contribution is -0.147. The number of aliphatic carboxylic acids is 1. The smallest absolute Gasteiger partial charge is 0.330 e. The predicted octanol–water partition coefficient (Wildman–Crippen LogP) is 4.20. The SMILES string of the molecule is C/C(=C\CCC(C)(O)C1CC(=O)C2(C)C3=C(C(=O)CC12C)C1(C)CCC(O)C(C)(C)C1CC3=O)C(=O)O. The summed E-state index contributed by atoms with van der Waals surface area (Å²) in [6.45, 7) is 12.8. The summed E-state index contributed by atoms with van der Waals surface area (Å²) < 4.78 is 0. The van der Waals surface area contributed by atoms with Crippen LogP contribution in [-0.4, -0.2) is 50.3 Å². The molecule has 0 aromatic rings. The number of aliphatic hydroxyl groups excluding tert-OH is 1. The minimum absolute atomic E-state index is 0.0588. The van der Waals surface area contributed by atoms with Crippen molar-refractivity contribution >= 4 is 23.3 Å². The average molecular weight is 515 g/mol. The van der Waals surface area contributed by atoms with E-state index in [0.717, 1.165) is 0 Å². The van der Waals surface area contributed by atoms with Crippen LogP contribution < -0.4 is 0 Å². The summed E-state index contributed by atoms with van der Waals surface area (Å²) in [5.74, 6) is -2.21. The molecule has 0 spiro atoms. The van der Waals surface area contributed by atoms with E-state index in [1.165, 1.54) is 6.92 Å². The molecule has 0 aliphatic heterocycles. The van der Waals surface area contributed by atoms with E-state index in [4.69, 9.17) is 5.11 Å². The van der Waals surface area contributed by atoms with E-state index in [0.29, 0.717) is 30.4 Å². The molecule has 204 valence electrons. The van der Waals surface area contributed by atoms with Crippen molar-refractivity contribution in [2.75, 3.05) is 0 Å². The number of hydrogen-bond donors (Lipinski definition) is 3. The second kappa shape index (κ2) is 8.44. The maximum atomic E-state index is 14.0. The summed E-state index contributed by atoms with van der Waals surface area (Å²) in [6, 6.07) is 0. The lowest BCUT2D eigenvalue weighted by atomic mass is 9.42. The number of carboxylic acid groups (broad SMARTS) is 1. The van der Waals surface area contributed by atoms with Gasteiger partial charge < -0.3 is 15.3 Å². The van der Waals surface area contributed by atoms with Gasteiger partial charge in [-0.15, -0.1) is 0 Å². The molecule has 7 atom stereocenters. The maximum absolute atomic E-state index is 14.0. The Morgan fingerprint density at radius 2 is 1.68 bits per heavy atom. The second-order valence-corrected chi connectivity index (χ2v) is 13.6. The van der Waals surface area contributed by atoms with Crippen molar-refractivity contribution in [3.8, 4) is 0 Å². The molecule has 7 unspecified atom stereocenters. The Kier molecular flexibility index (Phi) is 6.36. The van der Waals surface area contributed by atoms with Crippen LogP contribution in [0.3, 0.4) is 0 Å². The van der Waals surface area contributed by atoms with Gasteiger partial charge in [0.2, 0.25) is 0 Å². The molecule has 0 radical (unpaired) electrons. The number of ketones is 3. The van der Waals surface area contributed by atoms with Crippen molar-refractivity contribution < 1.29 is 34.5 Å². The fraction of sp³-hybridized carbons (Fsp3) is 0.733. The maximum Gasteiger partial charge on any atom is 0.330 e. The molecule has 4 rings (SSSR count). The molecular weight excluding hydrogens is 472 g/mol. The van der Waals surface area contributed by atoms with Crippen molar-refractivity contribution in [2.45, 2.75) is 105 Å². The molecule has 0 heterocycles. The molecule has 7 heteroatoms. The number of rotatable bonds is 5. The topological polar surface area (TPSA) is 129 Å². The first-order valence-electron chi connectivity index (χ1n) is 13.5. The molecule has 4 aliphatic rings. The summed E-state index contributed by atoms with van der Waals surface area (Å²) in [7, 11) is 0. The van der Waals surface area contributed by atoms with Crippen molar-refractivity contribution in [2.24, 2.45) is 33.5 Å². The number of hydrogen-bond acceptors (Lipinski definition) is 6. The van der Waals surface area contributed by atoms with Crippen molar-refractivity contribution in [3.63, 3.8) is 0 Å². The molecule has 0 aromatic carbocycles. The zero-order valence-electron chi connectivity index (χ0n) is 23.2. The number of carbonyl (C=O) groups excluding carboxylic acids is 3. The lowest BCUT2D eigenvalue weighted by Gasteiger charge is -2.60. The van der Waals surface area contributed by atoms with E-state index in [-0.39, 0.29) is 54.5 Å². The molecular formula is C30H42O7. The van der Waals surface area contributed by atoms with Gasteiger partial charge in [0.15, 0.2) is 11.6 Å². The fourth-order valence-electron chi connectivity index (χ4n) is 8.70. The second-order valence-electron chi connectivity index (χ2n) is 13.6. The first kappa shape index (κ1) is 27.9. The summed E-state index contributed by atoms with van der Waals surface area (Å²) in [5.41, 5.74) is -3.60. The Labute approximate surface area is 219 Å². The Morgan fingerprint density at radius 1 is 1.05 bits per heavy atom. The van der Waals surface area contributed by atoms with Crippen LogP contribution in [0, 0.1) is 33.5 Å². The van der Waals surface area contributed by atoms with Crippen molar-refractivity contribution in [1.82, 2.24) is 0 Å². The molecule has 2 fully saturated rings. The molecule has 0 amide bonds. The van der Waals surface area contributed by atoms with Gasteiger partial charge in [-0.25, -0.2) is 4.79 Å². The van der Waals surface area contributed by atoms with E-state index < -0.39 is 45.3 Å². The monoisotopic (exact) mass is 514 g/mol. The third-order valence-electron chi connectivity index (χ3n) is 11.3. The highest BCUT2D eigenvalue weighted by atomic mass is 16.4. The van der Waals surface area contributed by atoms with Gasteiger partial charge in [-0.2, -0.15) is 0 Å². The average Bonchev–Trinajstić information content (AvgIpc) is 2.99. The molecule has 0 aromatic heterocycles. The lowest BCUT2D eigenvalue weighted by Crippen LogP contribution is -2.60. The first-order chi connectivity index (χ1) is 16.9. The molecule has 37 heavy (non-hydrogen) atoms. The van der Waals surface area contributed by atoms with E-state index in [1.54, 1.807) is 19.9 Å². The largest absolute Gasteiger partial charge is 0.478 e. The normalized spacial score (nSPS) is 41.2. The third kappa shape index (κ3) is 3.67. The summed E-state index contributed by atoms with van der Waals surface area (Å²) in [5, 5.41) is 31.5. The number of allylic oxidation sites excluding steroid dienone is 3. The number of Topliss-reactive ketones (excluding diaryl/α,β-unsaturated/α-hetero) is 3. The number of carbonyl (C=O) groups is 4. The van der Waals surface area contributed by atoms with Gasteiger partial charge in [0.1, 0.15) is 5.78 Å². The van der Waals surface area contributed by atoms with Crippen LogP contribution in [0.25, 0.3) is 0 Å². The van der Waals surface area contributed by atoms with Crippen LogP contribution in [0.15, 0.2) is 22.8 Å². The molecule has 4 aliphatic carbocycles. The van der Waals surface area contributed by atoms with E-state index in [2.05, 4.69) is 0 Å². The quantitative estimate of drug-likeness (QED) is 0.469. The molecule has 3 N–H and O–H groups in total. The molecule has 7 nitrogen and oxygen atoms in total. The summed E-state index contributed by atoms with van der Waals surface area (Å²) in [6.07, 6.45) is 2.98. The first-order valence-corrected chi connectivity index (χ1v) is 13.5. The van der Waals surface area contributed by atoms with Gasteiger partial charge in [-0.05, 0) is 63.2 Å². The Morgan fingerprint density at radius 3 is 2.27 bits per heavy atom. The number of carboxylic acids is 1. The number of fused-ring (bicyclic) bond motifs is 4. The van der Waals surface area contributed by atoms with Gasteiger partial charge in [-0.3, -0.25) is 14.4 Å². The third-order valence-corrected chi connectivity index (χ3v) is 11.3. The highest BCUT2D eigenvalue weighted by Gasteiger charge is 2.71. The van der Waals surface area contributed by atoms with Gasteiger partial charge in [0.25, 0.3) is 0 Å². The van der Waals surface area contributed by atoms with Gasteiger partial charge >= 0.3 is 5.97 Å². The zero-order valence-corrected chi connectivity index (χ0v) is 23.2. The van der Waals surface area contributed by atoms with Crippen LogP contribution in [0.4, 0.5) is 0 Å². The predicted molar refractivity (Wildman–Crippen MR) is 137 cm³/mol. The minimum atomic E-state index is -1.34. The highest BCUT2D eigenvalue weighted by Crippen LogP contribution is 2.70. The van der Waals surface area contributed by atoms with E-state index in [9.17, 15) is 29.4 Å². The van der Waals surface area contributed by atoms with Crippen LogP contribution in [0.5, 0.6) is 0 Å². The van der Waals surface area contributed by atoms with Crippen molar-refractivity contribution in [1.29, 1.82) is 0 Å². The Balaban J connectivity index is 1.80. The van der Waals surface area contributed by atoms with Crippen LogP contribution in [0.1, 0.15) is 93.4 Å². The molecule has 2 saturated carbocycles. The Hall–Kier alpha value is -2.12. The van der Waals surface area contributed by atoms with Gasteiger partial charge in [0, 0.05) is 47.3 Å². The van der Waals surface area contributed by atoms with Gasteiger partial charge in [0.05, 0.1) is 17.1 Å². The van der Waals surface area contributed by atoms with Crippen LogP contribution >= 0.6 is 0 Å². The summed E-state index contributed by atoms with van der Waals surface area (Å²) in [4.78, 5) is 53.0. The molecule has 0 bridgehead atoms. The highest BCUT2D eigenvalue weighted by molar-refractivity contribution is 6.16.